The van der Waals surface area contributed by atoms with E-state index in [-0.39, 0.29) is 5.91 Å². The van der Waals surface area contributed by atoms with E-state index in [2.05, 4.69) is 5.32 Å². The molecule has 0 aliphatic carbocycles. The second kappa shape index (κ2) is 7.71. The van der Waals surface area contributed by atoms with E-state index in [0.29, 0.717) is 27.9 Å². The standard InChI is InChI=1S/C18H19Cl2NO2/c1-4-17(23-14-7-5-11(2)12(3)9-14)18(22)21-16-8-6-13(19)10-15(16)20/h5-10,17H,4H2,1-3H3,(H,21,22)/t17-/m0/s1. The number of amides is 1. The molecule has 5 heteroatoms. The first-order valence-corrected chi connectivity index (χ1v) is 8.16. The van der Waals surface area contributed by atoms with Crippen LogP contribution in [0.4, 0.5) is 5.69 Å². The largest absolute Gasteiger partial charge is 0.481 e. The molecular formula is C18H19Cl2NO2. The molecule has 0 heterocycles. The molecule has 1 atom stereocenters. The van der Waals surface area contributed by atoms with Crippen LogP contribution in [0, 0.1) is 13.8 Å². The van der Waals surface area contributed by atoms with Gasteiger partial charge in [0.15, 0.2) is 6.10 Å². The lowest BCUT2D eigenvalue weighted by atomic mass is 10.1. The molecular weight excluding hydrogens is 333 g/mol. The van der Waals surface area contributed by atoms with Crippen molar-refractivity contribution >= 4 is 34.8 Å². The monoisotopic (exact) mass is 351 g/mol. The SMILES string of the molecule is CC[C@H](Oc1ccc(C)c(C)c1)C(=O)Nc1ccc(Cl)cc1Cl. The highest BCUT2D eigenvalue weighted by molar-refractivity contribution is 6.36. The maximum absolute atomic E-state index is 12.4. The van der Waals surface area contributed by atoms with Crippen molar-refractivity contribution in [3.8, 4) is 5.75 Å². The van der Waals surface area contributed by atoms with E-state index >= 15 is 0 Å². The Morgan fingerprint density at radius 3 is 2.48 bits per heavy atom. The van der Waals surface area contributed by atoms with Gasteiger partial charge in [0.2, 0.25) is 0 Å². The molecule has 0 spiro atoms. The van der Waals surface area contributed by atoms with Crippen LogP contribution >= 0.6 is 23.2 Å². The van der Waals surface area contributed by atoms with Crippen molar-refractivity contribution < 1.29 is 9.53 Å². The van der Waals surface area contributed by atoms with Crippen LogP contribution in [0.25, 0.3) is 0 Å². The molecule has 0 unspecified atom stereocenters. The summed E-state index contributed by atoms with van der Waals surface area (Å²) >= 11 is 11.9. The number of ether oxygens (including phenoxy) is 1. The molecule has 0 saturated carbocycles. The summed E-state index contributed by atoms with van der Waals surface area (Å²) in [5, 5.41) is 3.70. The van der Waals surface area contributed by atoms with Crippen molar-refractivity contribution in [1.82, 2.24) is 0 Å². The molecule has 0 saturated heterocycles. The van der Waals surface area contributed by atoms with Gasteiger partial charge in [-0.25, -0.2) is 0 Å². The number of carbonyl (C=O) groups is 1. The van der Waals surface area contributed by atoms with Crippen LogP contribution < -0.4 is 10.1 Å². The Bertz CT molecular complexity index is 716. The van der Waals surface area contributed by atoms with E-state index in [9.17, 15) is 4.79 Å². The normalized spacial score (nSPS) is 11.9. The fourth-order valence-corrected chi connectivity index (χ4v) is 2.53. The fraction of sp³-hybridized carbons (Fsp3) is 0.278. The third-order valence-corrected chi connectivity index (χ3v) is 4.16. The van der Waals surface area contributed by atoms with Crippen molar-refractivity contribution in [2.75, 3.05) is 5.32 Å². The van der Waals surface area contributed by atoms with Gasteiger partial charge in [-0.2, -0.15) is 0 Å². The van der Waals surface area contributed by atoms with Crippen LogP contribution in [0.15, 0.2) is 36.4 Å². The number of rotatable bonds is 5. The molecule has 3 nitrogen and oxygen atoms in total. The molecule has 0 aliphatic heterocycles. The molecule has 1 N–H and O–H groups in total. The number of hydrogen-bond acceptors (Lipinski definition) is 2. The average molecular weight is 352 g/mol. The summed E-state index contributed by atoms with van der Waals surface area (Å²) in [6.07, 6.45) is -0.0481. The predicted octanol–water partition coefficient (Wildman–Crippen LogP) is 5.41. The molecule has 23 heavy (non-hydrogen) atoms. The van der Waals surface area contributed by atoms with Gasteiger partial charge in [0, 0.05) is 5.02 Å². The van der Waals surface area contributed by atoms with Gasteiger partial charge in [-0.3, -0.25) is 4.79 Å². The lowest BCUT2D eigenvalue weighted by Crippen LogP contribution is -2.32. The van der Waals surface area contributed by atoms with Crippen molar-refractivity contribution in [1.29, 1.82) is 0 Å². The molecule has 2 aromatic carbocycles. The Hall–Kier alpha value is -1.71. The smallest absolute Gasteiger partial charge is 0.265 e. The first kappa shape index (κ1) is 17.6. The third-order valence-electron chi connectivity index (χ3n) is 3.61. The number of halogens is 2. The minimum absolute atomic E-state index is 0.241. The Morgan fingerprint density at radius 2 is 1.87 bits per heavy atom. The maximum atomic E-state index is 12.4. The second-order valence-corrected chi connectivity index (χ2v) is 6.22. The third kappa shape index (κ3) is 4.63. The summed E-state index contributed by atoms with van der Waals surface area (Å²) < 4.78 is 5.82. The minimum Gasteiger partial charge on any atom is -0.481 e. The van der Waals surface area contributed by atoms with Crippen LogP contribution in [-0.4, -0.2) is 12.0 Å². The average Bonchev–Trinajstić information content (AvgIpc) is 2.51. The molecule has 122 valence electrons. The Balaban J connectivity index is 2.10. The van der Waals surface area contributed by atoms with Crippen molar-refractivity contribution in [3.63, 3.8) is 0 Å². The highest BCUT2D eigenvalue weighted by Gasteiger charge is 2.19. The summed E-state index contributed by atoms with van der Waals surface area (Å²) in [6, 6.07) is 10.7. The number of nitrogens with one attached hydrogen (secondary N) is 1. The number of hydrogen-bond donors (Lipinski definition) is 1. The topological polar surface area (TPSA) is 38.3 Å². The molecule has 0 fully saturated rings. The Morgan fingerprint density at radius 1 is 1.13 bits per heavy atom. The second-order valence-electron chi connectivity index (χ2n) is 5.37. The Kier molecular flexibility index (Phi) is 5.91. The van der Waals surface area contributed by atoms with Crippen molar-refractivity contribution in [2.45, 2.75) is 33.3 Å². The van der Waals surface area contributed by atoms with Crippen LogP contribution in [0.5, 0.6) is 5.75 Å². The van der Waals surface area contributed by atoms with Gasteiger partial charge in [-0.05, 0) is 61.7 Å². The zero-order valence-electron chi connectivity index (χ0n) is 13.3. The van der Waals surface area contributed by atoms with E-state index in [1.165, 1.54) is 5.56 Å². The van der Waals surface area contributed by atoms with E-state index < -0.39 is 6.10 Å². The number of anilines is 1. The van der Waals surface area contributed by atoms with E-state index in [1.807, 2.05) is 39.0 Å². The summed E-state index contributed by atoms with van der Waals surface area (Å²) in [4.78, 5) is 12.4. The summed E-state index contributed by atoms with van der Waals surface area (Å²) in [6.45, 7) is 5.94. The molecule has 0 radical (unpaired) electrons. The molecule has 0 aromatic heterocycles. The quantitative estimate of drug-likeness (QED) is 0.782. The van der Waals surface area contributed by atoms with E-state index in [4.69, 9.17) is 27.9 Å². The van der Waals surface area contributed by atoms with Crippen molar-refractivity contribution in [3.05, 3.63) is 57.6 Å². The first-order valence-electron chi connectivity index (χ1n) is 7.40. The summed E-state index contributed by atoms with van der Waals surface area (Å²) in [7, 11) is 0. The van der Waals surface area contributed by atoms with Crippen LogP contribution in [0.3, 0.4) is 0 Å². The first-order chi connectivity index (χ1) is 10.9. The number of benzene rings is 2. The van der Waals surface area contributed by atoms with Gasteiger partial charge < -0.3 is 10.1 Å². The zero-order valence-corrected chi connectivity index (χ0v) is 14.8. The van der Waals surface area contributed by atoms with Gasteiger partial charge in [0.05, 0.1) is 10.7 Å². The van der Waals surface area contributed by atoms with Crippen molar-refractivity contribution in [2.24, 2.45) is 0 Å². The van der Waals surface area contributed by atoms with Gasteiger partial charge >= 0.3 is 0 Å². The van der Waals surface area contributed by atoms with Crippen LogP contribution in [0.2, 0.25) is 10.0 Å². The molecule has 1 amide bonds. The van der Waals surface area contributed by atoms with Gasteiger partial charge in [0.1, 0.15) is 5.75 Å². The fourth-order valence-electron chi connectivity index (χ4n) is 2.08. The van der Waals surface area contributed by atoms with Gasteiger partial charge in [0.25, 0.3) is 5.91 Å². The summed E-state index contributed by atoms with van der Waals surface area (Å²) in [5.41, 5.74) is 2.82. The number of aryl methyl sites for hydroxylation is 2. The molecule has 0 bridgehead atoms. The molecule has 2 aromatic rings. The van der Waals surface area contributed by atoms with E-state index in [1.54, 1.807) is 18.2 Å². The number of carbonyl (C=O) groups excluding carboxylic acids is 1. The van der Waals surface area contributed by atoms with Crippen LogP contribution in [0.1, 0.15) is 24.5 Å². The van der Waals surface area contributed by atoms with Gasteiger partial charge in [-0.15, -0.1) is 0 Å². The highest BCUT2D eigenvalue weighted by atomic mass is 35.5. The summed E-state index contributed by atoms with van der Waals surface area (Å²) in [5.74, 6) is 0.437. The zero-order chi connectivity index (χ0) is 17.0. The van der Waals surface area contributed by atoms with Gasteiger partial charge in [-0.1, -0.05) is 36.2 Å². The molecule has 2 rings (SSSR count). The maximum Gasteiger partial charge on any atom is 0.265 e. The van der Waals surface area contributed by atoms with Crippen LogP contribution in [-0.2, 0) is 4.79 Å². The minimum atomic E-state index is -0.594. The predicted molar refractivity (Wildman–Crippen MR) is 95.7 cm³/mol. The van der Waals surface area contributed by atoms with E-state index in [0.717, 1.165) is 5.56 Å². The highest BCUT2D eigenvalue weighted by Crippen LogP contribution is 2.26. The lowest BCUT2D eigenvalue weighted by molar-refractivity contribution is -0.122. The molecule has 0 aliphatic rings. The lowest BCUT2D eigenvalue weighted by Gasteiger charge is -2.18. The Labute approximate surface area is 146 Å².